The molecular weight excluding hydrogens is 522 g/mol. The number of carbonyl (C=O) groups excluding carboxylic acids is 4. The van der Waals surface area contributed by atoms with E-state index in [1.54, 1.807) is 30.3 Å². The molecule has 0 radical (unpaired) electrons. The Hall–Kier alpha value is -5.33. The molecule has 0 unspecified atom stereocenters. The van der Waals surface area contributed by atoms with Gasteiger partial charge in [-0.3, -0.25) is 14.9 Å². The minimum Gasteiger partial charge on any atom is -0.480 e. The average molecular weight is 552 g/mol. The van der Waals surface area contributed by atoms with Crippen LogP contribution >= 0.6 is 0 Å². The lowest BCUT2D eigenvalue weighted by Crippen LogP contribution is -2.50. The van der Waals surface area contributed by atoms with Crippen molar-refractivity contribution in [1.29, 1.82) is 0 Å². The summed E-state index contributed by atoms with van der Waals surface area (Å²) >= 11 is 0. The molecule has 2 aromatic carbocycles. The minimum atomic E-state index is -1.46. The molecule has 1 atom stereocenters. The second-order valence-corrected chi connectivity index (χ2v) is 8.52. The third-order valence-corrected chi connectivity index (χ3v) is 5.38. The number of anilines is 1. The summed E-state index contributed by atoms with van der Waals surface area (Å²) in [6, 6.07) is 18.8. The molecule has 1 aromatic heterocycles. The molecule has 40 heavy (non-hydrogen) atoms. The van der Waals surface area contributed by atoms with E-state index in [4.69, 9.17) is 9.15 Å². The molecule has 5 N–H and O–H groups in total. The Morgan fingerprint density at radius 3 is 2.20 bits per heavy atom. The van der Waals surface area contributed by atoms with Crippen LogP contribution in [-0.4, -0.2) is 66.1 Å². The Bertz CT molecular complexity index is 1310. The fourth-order valence-corrected chi connectivity index (χ4v) is 3.31. The van der Waals surface area contributed by atoms with E-state index in [1.165, 1.54) is 19.2 Å². The number of rotatable bonds is 12. The summed E-state index contributed by atoms with van der Waals surface area (Å²) in [4.78, 5) is 61.5. The van der Waals surface area contributed by atoms with Gasteiger partial charge >= 0.3 is 18.1 Å². The SMILES string of the molecule is CN(CC(=O)NC[C@H](NC(=O)OCc1ccccc1)C(=O)O)C(=O)c1ccc(NC(=O)NCc2ccccc2)o1. The first-order chi connectivity index (χ1) is 19.2. The zero-order valence-electron chi connectivity index (χ0n) is 21.6. The number of nitrogens with zero attached hydrogens (tertiary/aromatic N) is 1. The quantitative estimate of drug-likeness (QED) is 0.227. The summed E-state index contributed by atoms with van der Waals surface area (Å²) in [6.07, 6.45) is -0.964. The van der Waals surface area contributed by atoms with Gasteiger partial charge in [0.05, 0.1) is 6.54 Å². The fraction of sp³-hybridized carbons (Fsp3) is 0.222. The molecule has 1 heterocycles. The van der Waals surface area contributed by atoms with E-state index in [9.17, 15) is 29.1 Å². The molecule has 0 bridgehead atoms. The van der Waals surface area contributed by atoms with E-state index in [2.05, 4.69) is 21.3 Å². The van der Waals surface area contributed by atoms with E-state index in [-0.39, 0.29) is 18.3 Å². The number of nitrogens with one attached hydrogen (secondary N) is 4. The van der Waals surface area contributed by atoms with Crippen LogP contribution in [0, 0.1) is 0 Å². The van der Waals surface area contributed by atoms with Crippen molar-refractivity contribution in [2.24, 2.45) is 0 Å². The van der Waals surface area contributed by atoms with E-state index in [0.29, 0.717) is 6.54 Å². The standard InChI is InChI=1S/C27H29N5O8/c1-32(24(34)21-12-13-23(40-21)31-26(37)29-14-18-8-4-2-5-9-18)16-22(33)28-15-20(25(35)36)30-27(38)39-17-19-10-6-3-7-11-19/h2-13,20H,14-17H2,1H3,(H,28,33)(H,30,38)(H,35,36)(H2,29,31,37)/t20-/m0/s1. The summed E-state index contributed by atoms with van der Waals surface area (Å²) < 4.78 is 10.4. The Kier molecular flexibility index (Phi) is 10.6. The van der Waals surface area contributed by atoms with Gasteiger partial charge in [-0.05, 0) is 17.2 Å². The van der Waals surface area contributed by atoms with Gasteiger partial charge in [-0.2, -0.15) is 0 Å². The topological polar surface area (TPSA) is 179 Å². The Morgan fingerprint density at radius 2 is 1.55 bits per heavy atom. The number of benzene rings is 2. The van der Waals surface area contributed by atoms with Gasteiger partial charge in [0.25, 0.3) is 5.91 Å². The first-order valence-electron chi connectivity index (χ1n) is 12.1. The van der Waals surface area contributed by atoms with Crippen LogP contribution in [0.3, 0.4) is 0 Å². The molecule has 0 aliphatic heterocycles. The number of furan rings is 1. The van der Waals surface area contributed by atoms with Gasteiger partial charge < -0.3 is 35.1 Å². The van der Waals surface area contributed by atoms with Gasteiger partial charge in [0.1, 0.15) is 12.6 Å². The first-order valence-corrected chi connectivity index (χ1v) is 12.1. The number of aliphatic carboxylic acids is 1. The summed E-state index contributed by atoms with van der Waals surface area (Å²) in [5.74, 6) is -2.80. The van der Waals surface area contributed by atoms with Gasteiger partial charge in [-0.1, -0.05) is 60.7 Å². The highest BCUT2D eigenvalue weighted by molar-refractivity contribution is 5.95. The number of carboxylic acid groups (broad SMARTS) is 1. The monoisotopic (exact) mass is 551 g/mol. The first kappa shape index (κ1) is 29.2. The van der Waals surface area contributed by atoms with Crippen molar-refractivity contribution in [3.8, 4) is 0 Å². The smallest absolute Gasteiger partial charge is 0.408 e. The molecule has 13 nitrogen and oxygen atoms in total. The number of carbonyl (C=O) groups is 5. The number of alkyl carbamates (subject to hydrolysis) is 1. The van der Waals surface area contributed by atoms with Crippen LogP contribution < -0.4 is 21.3 Å². The summed E-state index contributed by atoms with van der Waals surface area (Å²) in [7, 11) is 1.35. The minimum absolute atomic E-state index is 0.0290. The Balaban J connectivity index is 1.41. The predicted molar refractivity (Wildman–Crippen MR) is 142 cm³/mol. The molecule has 13 heteroatoms. The van der Waals surface area contributed by atoms with E-state index in [1.807, 2.05) is 30.3 Å². The molecule has 5 amide bonds. The lowest BCUT2D eigenvalue weighted by atomic mass is 10.2. The second kappa shape index (κ2) is 14.6. The van der Waals surface area contributed by atoms with Crippen molar-refractivity contribution >= 4 is 35.8 Å². The van der Waals surface area contributed by atoms with Gasteiger partial charge in [0.15, 0.2) is 5.76 Å². The van der Waals surface area contributed by atoms with Crippen molar-refractivity contribution in [1.82, 2.24) is 20.9 Å². The number of carboxylic acids is 1. The highest BCUT2D eigenvalue weighted by Gasteiger charge is 2.23. The molecule has 0 spiro atoms. The number of hydrogen-bond acceptors (Lipinski definition) is 7. The highest BCUT2D eigenvalue weighted by Crippen LogP contribution is 2.15. The largest absolute Gasteiger partial charge is 0.480 e. The lowest BCUT2D eigenvalue weighted by Gasteiger charge is -2.18. The molecule has 210 valence electrons. The lowest BCUT2D eigenvalue weighted by molar-refractivity contribution is -0.139. The maximum Gasteiger partial charge on any atom is 0.408 e. The highest BCUT2D eigenvalue weighted by atomic mass is 16.5. The van der Waals surface area contributed by atoms with Crippen LogP contribution in [0.2, 0.25) is 0 Å². The number of ether oxygens (including phenoxy) is 1. The fourth-order valence-electron chi connectivity index (χ4n) is 3.31. The molecule has 0 aliphatic rings. The third-order valence-electron chi connectivity index (χ3n) is 5.38. The maximum absolute atomic E-state index is 12.6. The van der Waals surface area contributed by atoms with Gasteiger partial charge in [-0.25, -0.2) is 14.4 Å². The van der Waals surface area contributed by atoms with Crippen LogP contribution in [-0.2, 0) is 27.5 Å². The number of hydrogen-bond donors (Lipinski definition) is 5. The van der Waals surface area contributed by atoms with Crippen LogP contribution in [0.5, 0.6) is 0 Å². The number of urea groups is 1. The third kappa shape index (κ3) is 9.52. The zero-order valence-corrected chi connectivity index (χ0v) is 21.6. The van der Waals surface area contributed by atoms with Crippen LogP contribution in [0.1, 0.15) is 21.7 Å². The van der Waals surface area contributed by atoms with E-state index in [0.717, 1.165) is 16.0 Å². The molecule has 3 rings (SSSR count). The molecule has 0 saturated heterocycles. The van der Waals surface area contributed by atoms with Crippen molar-refractivity contribution in [3.63, 3.8) is 0 Å². The van der Waals surface area contributed by atoms with Crippen LogP contribution in [0.4, 0.5) is 15.5 Å². The van der Waals surface area contributed by atoms with Crippen molar-refractivity contribution in [2.75, 3.05) is 25.5 Å². The summed E-state index contributed by atoms with van der Waals surface area (Å²) in [5.41, 5.74) is 1.62. The Labute approximate surface area is 229 Å². The molecule has 0 aliphatic carbocycles. The molecular formula is C27H29N5O8. The number of likely N-dealkylation sites (N-methyl/N-ethyl adjacent to an activating group) is 1. The predicted octanol–water partition coefficient (Wildman–Crippen LogP) is 2.17. The Morgan fingerprint density at radius 1 is 0.900 bits per heavy atom. The second-order valence-electron chi connectivity index (χ2n) is 8.52. The molecule has 0 fully saturated rings. The number of amides is 5. The molecule has 3 aromatic rings. The summed E-state index contributed by atoms with van der Waals surface area (Å²) in [6.45, 7) is -0.626. The van der Waals surface area contributed by atoms with Gasteiger partial charge in [0, 0.05) is 26.2 Å². The average Bonchev–Trinajstić information content (AvgIpc) is 3.41. The van der Waals surface area contributed by atoms with Crippen LogP contribution in [0.15, 0.2) is 77.2 Å². The van der Waals surface area contributed by atoms with Crippen molar-refractivity contribution in [2.45, 2.75) is 19.2 Å². The van der Waals surface area contributed by atoms with E-state index < -0.39 is 49.0 Å². The summed E-state index contributed by atoms with van der Waals surface area (Å²) in [5, 5.41) is 19.0. The van der Waals surface area contributed by atoms with Gasteiger partial charge in [-0.15, -0.1) is 0 Å². The van der Waals surface area contributed by atoms with Crippen molar-refractivity contribution in [3.05, 3.63) is 89.7 Å². The normalized spacial score (nSPS) is 11.0. The van der Waals surface area contributed by atoms with Gasteiger partial charge in [0.2, 0.25) is 11.8 Å². The van der Waals surface area contributed by atoms with Crippen LogP contribution in [0.25, 0.3) is 0 Å². The van der Waals surface area contributed by atoms with Crippen molar-refractivity contribution < 1.29 is 38.2 Å². The van der Waals surface area contributed by atoms with E-state index >= 15 is 0 Å². The zero-order chi connectivity index (χ0) is 28.9. The maximum atomic E-state index is 12.6. The molecule has 0 saturated carbocycles.